The Morgan fingerprint density at radius 1 is 1.00 bits per heavy atom. The third-order valence-electron chi connectivity index (χ3n) is 2.60. The molecule has 0 saturated heterocycles. The van der Waals surface area contributed by atoms with Crippen LogP contribution in [-0.2, 0) is 6.54 Å². The van der Waals surface area contributed by atoms with E-state index < -0.39 is 0 Å². The summed E-state index contributed by atoms with van der Waals surface area (Å²) in [4.78, 5) is 8.49. The van der Waals surface area contributed by atoms with Gasteiger partial charge in [0.15, 0.2) is 0 Å². The molecule has 0 fully saturated rings. The normalized spacial score (nSPS) is 10.3. The lowest BCUT2D eigenvalue weighted by Gasteiger charge is -1.99. The van der Waals surface area contributed by atoms with Crippen LogP contribution in [0.2, 0.25) is 0 Å². The summed E-state index contributed by atoms with van der Waals surface area (Å²) in [6, 6.07) is 15.4. The van der Waals surface area contributed by atoms with Crippen molar-refractivity contribution in [1.82, 2.24) is 15.1 Å². The summed E-state index contributed by atoms with van der Waals surface area (Å²) < 4.78 is 5.20. The first-order valence-corrected chi connectivity index (χ1v) is 5.95. The second-order valence-corrected chi connectivity index (χ2v) is 3.96. The predicted molar refractivity (Wildman–Crippen MR) is 71.3 cm³/mol. The standard InChI is InChI=1S/C14H12N4O/c1-2-6-11(7-3-1)13-17-14(18-19-13)16-10-12-8-4-5-9-15-12/h1-9H,10H2,(H,16,18). The molecule has 3 aromatic rings. The maximum Gasteiger partial charge on any atom is 0.264 e. The second kappa shape index (κ2) is 5.30. The molecule has 5 heteroatoms. The molecule has 0 amide bonds. The fraction of sp³-hybridized carbons (Fsp3) is 0.0714. The molecule has 3 rings (SSSR count). The van der Waals surface area contributed by atoms with E-state index in [0.29, 0.717) is 18.4 Å². The van der Waals surface area contributed by atoms with Crippen LogP contribution in [0.5, 0.6) is 0 Å². The van der Waals surface area contributed by atoms with E-state index in [-0.39, 0.29) is 0 Å². The van der Waals surface area contributed by atoms with E-state index in [1.165, 1.54) is 0 Å². The van der Waals surface area contributed by atoms with Gasteiger partial charge < -0.3 is 9.84 Å². The third-order valence-corrected chi connectivity index (χ3v) is 2.60. The Labute approximate surface area is 110 Å². The van der Waals surface area contributed by atoms with Gasteiger partial charge in [0.25, 0.3) is 11.8 Å². The minimum atomic E-state index is 0.463. The van der Waals surface area contributed by atoms with Crippen LogP contribution in [0.4, 0.5) is 5.95 Å². The number of pyridine rings is 1. The Morgan fingerprint density at radius 3 is 2.63 bits per heavy atom. The first kappa shape index (κ1) is 11.4. The van der Waals surface area contributed by atoms with E-state index in [1.807, 2.05) is 48.5 Å². The van der Waals surface area contributed by atoms with Crippen molar-refractivity contribution in [3.8, 4) is 11.5 Å². The fourth-order valence-electron chi connectivity index (χ4n) is 1.67. The number of rotatable bonds is 4. The van der Waals surface area contributed by atoms with Gasteiger partial charge in [0.05, 0.1) is 12.2 Å². The maximum absolute atomic E-state index is 5.20. The molecule has 0 atom stereocenters. The maximum atomic E-state index is 5.20. The molecule has 0 radical (unpaired) electrons. The van der Waals surface area contributed by atoms with Gasteiger partial charge in [-0.25, -0.2) is 0 Å². The summed E-state index contributed by atoms with van der Waals surface area (Å²) in [5, 5.41) is 6.96. The number of aromatic nitrogens is 3. The minimum absolute atomic E-state index is 0.463. The SMILES string of the molecule is c1ccc(-c2nc(NCc3ccccn3)no2)cc1. The molecule has 0 aliphatic carbocycles. The summed E-state index contributed by atoms with van der Waals surface area (Å²) in [7, 11) is 0. The molecule has 1 N–H and O–H groups in total. The van der Waals surface area contributed by atoms with Crippen molar-refractivity contribution < 1.29 is 4.52 Å². The molecule has 2 heterocycles. The molecule has 19 heavy (non-hydrogen) atoms. The summed E-state index contributed by atoms with van der Waals surface area (Å²) in [5.41, 5.74) is 1.83. The van der Waals surface area contributed by atoms with Gasteiger partial charge in [-0.2, -0.15) is 4.98 Å². The van der Waals surface area contributed by atoms with E-state index >= 15 is 0 Å². The number of nitrogens with one attached hydrogen (secondary N) is 1. The van der Waals surface area contributed by atoms with E-state index in [4.69, 9.17) is 4.52 Å². The van der Waals surface area contributed by atoms with Crippen LogP contribution in [0, 0.1) is 0 Å². The lowest BCUT2D eigenvalue weighted by atomic mass is 10.2. The first-order chi connectivity index (χ1) is 9.42. The van der Waals surface area contributed by atoms with Crippen molar-refractivity contribution in [3.63, 3.8) is 0 Å². The van der Waals surface area contributed by atoms with Crippen LogP contribution in [0.1, 0.15) is 5.69 Å². The fourth-order valence-corrected chi connectivity index (χ4v) is 1.67. The topological polar surface area (TPSA) is 63.8 Å². The van der Waals surface area contributed by atoms with Crippen molar-refractivity contribution >= 4 is 5.95 Å². The highest BCUT2D eigenvalue weighted by atomic mass is 16.5. The Hall–Kier alpha value is -2.69. The Kier molecular flexibility index (Phi) is 3.18. The Bertz CT molecular complexity index is 637. The monoisotopic (exact) mass is 252 g/mol. The van der Waals surface area contributed by atoms with Crippen LogP contribution in [0.15, 0.2) is 59.3 Å². The van der Waals surface area contributed by atoms with Gasteiger partial charge in [0, 0.05) is 11.8 Å². The second-order valence-electron chi connectivity index (χ2n) is 3.96. The number of anilines is 1. The molecular formula is C14H12N4O. The Balaban J connectivity index is 1.69. The zero-order valence-electron chi connectivity index (χ0n) is 10.2. The van der Waals surface area contributed by atoms with Crippen LogP contribution >= 0.6 is 0 Å². The van der Waals surface area contributed by atoms with Gasteiger partial charge in [-0.3, -0.25) is 4.98 Å². The van der Waals surface area contributed by atoms with Gasteiger partial charge >= 0.3 is 0 Å². The Morgan fingerprint density at radius 2 is 1.84 bits per heavy atom. The van der Waals surface area contributed by atoms with Crippen molar-refractivity contribution in [2.75, 3.05) is 5.32 Å². The minimum Gasteiger partial charge on any atom is -0.346 e. The molecule has 94 valence electrons. The van der Waals surface area contributed by atoms with Crippen LogP contribution < -0.4 is 5.32 Å². The van der Waals surface area contributed by atoms with E-state index in [0.717, 1.165) is 11.3 Å². The summed E-state index contributed by atoms with van der Waals surface area (Å²) in [5.74, 6) is 0.966. The van der Waals surface area contributed by atoms with Gasteiger partial charge in [-0.15, -0.1) is 0 Å². The third kappa shape index (κ3) is 2.77. The molecule has 0 saturated carbocycles. The number of hydrogen-bond donors (Lipinski definition) is 1. The van der Waals surface area contributed by atoms with Crippen molar-refractivity contribution in [2.24, 2.45) is 0 Å². The quantitative estimate of drug-likeness (QED) is 0.773. The number of benzene rings is 1. The van der Waals surface area contributed by atoms with Gasteiger partial charge in [0.2, 0.25) is 0 Å². The number of hydrogen-bond acceptors (Lipinski definition) is 5. The summed E-state index contributed by atoms with van der Waals surface area (Å²) in [6.07, 6.45) is 1.75. The van der Waals surface area contributed by atoms with Gasteiger partial charge in [0.1, 0.15) is 0 Å². The molecule has 1 aromatic carbocycles. The molecule has 0 bridgehead atoms. The smallest absolute Gasteiger partial charge is 0.264 e. The van der Waals surface area contributed by atoms with Crippen LogP contribution in [0.3, 0.4) is 0 Å². The highest BCUT2D eigenvalue weighted by Gasteiger charge is 2.07. The molecule has 0 aliphatic heterocycles. The molecular weight excluding hydrogens is 240 g/mol. The zero-order valence-corrected chi connectivity index (χ0v) is 10.2. The molecule has 0 spiro atoms. The highest BCUT2D eigenvalue weighted by molar-refractivity contribution is 5.53. The first-order valence-electron chi connectivity index (χ1n) is 5.95. The molecule has 5 nitrogen and oxygen atoms in total. The van der Waals surface area contributed by atoms with E-state index in [2.05, 4.69) is 20.4 Å². The van der Waals surface area contributed by atoms with Crippen LogP contribution in [-0.4, -0.2) is 15.1 Å². The largest absolute Gasteiger partial charge is 0.346 e. The van der Waals surface area contributed by atoms with Crippen molar-refractivity contribution in [3.05, 3.63) is 60.4 Å². The average molecular weight is 252 g/mol. The van der Waals surface area contributed by atoms with Crippen molar-refractivity contribution in [1.29, 1.82) is 0 Å². The molecule has 0 aliphatic rings. The van der Waals surface area contributed by atoms with Crippen LogP contribution in [0.25, 0.3) is 11.5 Å². The molecule has 2 aromatic heterocycles. The average Bonchev–Trinajstić information content (AvgIpc) is 2.96. The zero-order chi connectivity index (χ0) is 12.9. The summed E-state index contributed by atoms with van der Waals surface area (Å²) in [6.45, 7) is 0.564. The lowest BCUT2D eigenvalue weighted by Crippen LogP contribution is -2.02. The highest BCUT2D eigenvalue weighted by Crippen LogP contribution is 2.17. The van der Waals surface area contributed by atoms with Crippen molar-refractivity contribution in [2.45, 2.75) is 6.54 Å². The van der Waals surface area contributed by atoms with Gasteiger partial charge in [-0.1, -0.05) is 24.3 Å². The summed E-state index contributed by atoms with van der Waals surface area (Å²) >= 11 is 0. The number of nitrogens with zero attached hydrogens (tertiary/aromatic N) is 3. The molecule has 0 unspecified atom stereocenters. The van der Waals surface area contributed by atoms with Gasteiger partial charge in [-0.05, 0) is 29.4 Å². The predicted octanol–water partition coefficient (Wildman–Crippen LogP) is 2.74. The van der Waals surface area contributed by atoms with E-state index in [9.17, 15) is 0 Å². The lowest BCUT2D eigenvalue weighted by molar-refractivity contribution is 0.432. The van der Waals surface area contributed by atoms with E-state index in [1.54, 1.807) is 6.20 Å².